The molecule has 0 aliphatic heterocycles. The highest BCUT2D eigenvalue weighted by molar-refractivity contribution is 7.89. The number of sulfonamides is 1. The van der Waals surface area contributed by atoms with E-state index in [0.29, 0.717) is 0 Å². The summed E-state index contributed by atoms with van der Waals surface area (Å²) >= 11 is 0. The molecule has 10 heteroatoms. The van der Waals surface area contributed by atoms with E-state index < -0.39 is 37.5 Å². The Balaban J connectivity index is 3.34. The Morgan fingerprint density at radius 1 is 1.47 bits per heavy atom. The number of nitro groups is 1. The number of carbonyl (C=O) groups excluding carboxylic acids is 1. The van der Waals surface area contributed by atoms with Crippen molar-refractivity contribution in [1.82, 2.24) is 4.72 Å². The van der Waals surface area contributed by atoms with Gasteiger partial charge in [-0.05, 0) is 19.1 Å². The van der Waals surface area contributed by atoms with Crippen LogP contribution in [0.2, 0.25) is 0 Å². The van der Waals surface area contributed by atoms with E-state index in [2.05, 4.69) is 0 Å². The summed E-state index contributed by atoms with van der Waals surface area (Å²) in [5.41, 5.74) is 9.27. The van der Waals surface area contributed by atoms with Crippen molar-refractivity contribution < 1.29 is 18.1 Å². The number of hydrogen-bond acceptors (Lipinski definition) is 6. The van der Waals surface area contributed by atoms with Gasteiger partial charge in [-0.25, -0.2) is 8.42 Å². The molecule has 1 amide bonds. The number of amides is 1. The molecule has 0 heterocycles. The molecule has 0 aromatic heterocycles. The van der Waals surface area contributed by atoms with E-state index in [1.54, 1.807) is 0 Å². The van der Waals surface area contributed by atoms with Gasteiger partial charge in [0.2, 0.25) is 15.9 Å². The van der Waals surface area contributed by atoms with E-state index in [9.17, 15) is 23.3 Å². The number of primary amides is 1. The van der Waals surface area contributed by atoms with E-state index in [4.69, 9.17) is 11.5 Å². The number of nitrogens with one attached hydrogen (secondary N) is 1. The van der Waals surface area contributed by atoms with Crippen LogP contribution in [0.3, 0.4) is 0 Å². The molecule has 0 bridgehead atoms. The maximum absolute atomic E-state index is 11.9. The maximum atomic E-state index is 11.9. The van der Waals surface area contributed by atoms with Gasteiger partial charge >= 0.3 is 5.69 Å². The Bertz CT molecular complexity index is 627. The summed E-state index contributed by atoms with van der Waals surface area (Å²) in [6, 6.07) is 2.27. The Labute approximate surface area is 108 Å². The highest BCUT2D eigenvalue weighted by atomic mass is 32.2. The minimum Gasteiger partial charge on any atom is -0.393 e. The second-order valence-electron chi connectivity index (χ2n) is 3.70. The summed E-state index contributed by atoms with van der Waals surface area (Å²) in [6.45, 7) is 1.22. The van der Waals surface area contributed by atoms with Crippen LogP contribution in [0, 0.1) is 10.1 Å². The SMILES string of the molecule is CC(NS(=O)(=O)c1cccc(N)c1[N+](=O)[O-])C(N)=O. The van der Waals surface area contributed by atoms with Gasteiger partial charge in [0.1, 0.15) is 5.69 Å². The number of para-hydroxylation sites is 1. The number of carbonyl (C=O) groups is 1. The van der Waals surface area contributed by atoms with Gasteiger partial charge in [0.15, 0.2) is 4.90 Å². The standard InChI is InChI=1S/C9H12N4O5S/c1-5(9(11)14)12-19(17,18)7-4-2-3-6(10)8(7)13(15)16/h2-5,12H,10H2,1H3,(H2,11,14). The average Bonchev–Trinajstić information content (AvgIpc) is 2.27. The molecule has 0 aliphatic carbocycles. The summed E-state index contributed by atoms with van der Waals surface area (Å²) < 4.78 is 25.8. The third-order valence-electron chi connectivity index (χ3n) is 2.26. The van der Waals surface area contributed by atoms with Crippen molar-refractivity contribution in [2.75, 3.05) is 5.73 Å². The smallest absolute Gasteiger partial charge is 0.312 e. The van der Waals surface area contributed by atoms with Crippen molar-refractivity contribution >= 4 is 27.3 Å². The van der Waals surface area contributed by atoms with Crippen molar-refractivity contribution in [1.29, 1.82) is 0 Å². The molecule has 0 saturated carbocycles. The molecule has 1 rings (SSSR count). The number of nitrogens with two attached hydrogens (primary N) is 2. The number of nitrogen functional groups attached to an aromatic ring is 1. The van der Waals surface area contributed by atoms with Crippen molar-refractivity contribution in [3.8, 4) is 0 Å². The monoisotopic (exact) mass is 288 g/mol. The minimum absolute atomic E-state index is 0.292. The third-order valence-corrected chi connectivity index (χ3v) is 3.83. The molecule has 1 unspecified atom stereocenters. The van der Waals surface area contributed by atoms with Gasteiger partial charge in [-0.15, -0.1) is 0 Å². The lowest BCUT2D eigenvalue weighted by Gasteiger charge is -2.11. The van der Waals surface area contributed by atoms with Crippen molar-refractivity contribution in [3.05, 3.63) is 28.3 Å². The molecule has 1 atom stereocenters. The summed E-state index contributed by atoms with van der Waals surface area (Å²) in [7, 11) is -4.28. The Hall–Kier alpha value is -2.20. The van der Waals surface area contributed by atoms with Gasteiger partial charge < -0.3 is 11.5 Å². The summed E-state index contributed by atoms with van der Waals surface area (Å²) in [5, 5.41) is 10.9. The zero-order valence-electron chi connectivity index (χ0n) is 9.86. The van der Waals surface area contributed by atoms with E-state index >= 15 is 0 Å². The van der Waals surface area contributed by atoms with E-state index in [1.807, 2.05) is 4.72 Å². The quantitative estimate of drug-likeness (QED) is 0.370. The first-order valence-corrected chi connectivity index (χ1v) is 6.49. The summed E-state index contributed by atoms with van der Waals surface area (Å²) in [4.78, 5) is 20.2. The zero-order chi connectivity index (χ0) is 14.8. The van der Waals surface area contributed by atoms with Gasteiger partial charge in [0, 0.05) is 0 Å². The second kappa shape index (κ2) is 5.20. The van der Waals surface area contributed by atoms with Crippen LogP contribution >= 0.6 is 0 Å². The van der Waals surface area contributed by atoms with E-state index in [0.717, 1.165) is 6.07 Å². The topological polar surface area (TPSA) is 158 Å². The lowest BCUT2D eigenvalue weighted by molar-refractivity contribution is -0.386. The molecule has 0 spiro atoms. The molecule has 1 aromatic carbocycles. The van der Waals surface area contributed by atoms with Crippen LogP contribution in [0.25, 0.3) is 0 Å². The zero-order valence-corrected chi connectivity index (χ0v) is 10.7. The number of hydrogen-bond donors (Lipinski definition) is 3. The molecular formula is C9H12N4O5S. The highest BCUT2D eigenvalue weighted by Crippen LogP contribution is 2.29. The van der Waals surface area contributed by atoms with Crippen LogP contribution in [0.15, 0.2) is 23.1 Å². The predicted molar refractivity (Wildman–Crippen MR) is 66.5 cm³/mol. The van der Waals surface area contributed by atoms with Gasteiger partial charge in [0.05, 0.1) is 11.0 Å². The van der Waals surface area contributed by atoms with E-state index in [-0.39, 0.29) is 5.69 Å². The molecule has 1 aromatic rings. The number of nitrogens with zero attached hydrogens (tertiary/aromatic N) is 1. The van der Waals surface area contributed by atoms with Crippen LogP contribution in [0.4, 0.5) is 11.4 Å². The number of rotatable bonds is 5. The molecular weight excluding hydrogens is 276 g/mol. The van der Waals surface area contributed by atoms with Crippen LogP contribution in [0.1, 0.15) is 6.92 Å². The van der Waals surface area contributed by atoms with E-state index in [1.165, 1.54) is 19.1 Å². The first kappa shape index (κ1) is 14.9. The van der Waals surface area contributed by atoms with Crippen molar-refractivity contribution in [2.45, 2.75) is 17.9 Å². The average molecular weight is 288 g/mol. The Morgan fingerprint density at radius 2 is 2.05 bits per heavy atom. The molecule has 104 valence electrons. The van der Waals surface area contributed by atoms with Crippen LogP contribution < -0.4 is 16.2 Å². The predicted octanol–water partition coefficient (Wildman–Crippen LogP) is -0.671. The lowest BCUT2D eigenvalue weighted by Crippen LogP contribution is -2.42. The summed E-state index contributed by atoms with van der Waals surface area (Å²) in [6.07, 6.45) is 0. The number of benzene rings is 1. The largest absolute Gasteiger partial charge is 0.393 e. The van der Waals surface area contributed by atoms with Gasteiger partial charge in [-0.1, -0.05) is 6.07 Å². The molecule has 9 nitrogen and oxygen atoms in total. The molecule has 0 saturated heterocycles. The van der Waals surface area contributed by atoms with Gasteiger partial charge in [0.25, 0.3) is 0 Å². The molecule has 0 fully saturated rings. The minimum atomic E-state index is -4.28. The molecule has 5 N–H and O–H groups in total. The Kier molecular flexibility index (Phi) is 4.07. The fraction of sp³-hybridized carbons (Fsp3) is 0.222. The molecule has 0 aliphatic rings. The first-order valence-electron chi connectivity index (χ1n) is 5.01. The molecule has 19 heavy (non-hydrogen) atoms. The fourth-order valence-corrected chi connectivity index (χ4v) is 2.72. The Morgan fingerprint density at radius 3 is 2.53 bits per heavy atom. The normalized spacial score (nSPS) is 12.9. The summed E-state index contributed by atoms with van der Waals surface area (Å²) in [5.74, 6) is -0.907. The number of nitro benzene ring substituents is 1. The molecule has 0 radical (unpaired) electrons. The second-order valence-corrected chi connectivity index (χ2v) is 5.38. The number of anilines is 1. The maximum Gasteiger partial charge on any atom is 0.312 e. The van der Waals surface area contributed by atoms with Crippen LogP contribution in [0.5, 0.6) is 0 Å². The van der Waals surface area contributed by atoms with Crippen molar-refractivity contribution in [2.24, 2.45) is 5.73 Å². The van der Waals surface area contributed by atoms with Gasteiger partial charge in [-0.3, -0.25) is 14.9 Å². The van der Waals surface area contributed by atoms with Crippen LogP contribution in [-0.4, -0.2) is 25.3 Å². The van der Waals surface area contributed by atoms with Crippen LogP contribution in [-0.2, 0) is 14.8 Å². The lowest BCUT2D eigenvalue weighted by atomic mass is 10.3. The fourth-order valence-electron chi connectivity index (χ4n) is 1.31. The van der Waals surface area contributed by atoms with Gasteiger partial charge in [-0.2, -0.15) is 4.72 Å². The first-order chi connectivity index (χ1) is 8.66. The highest BCUT2D eigenvalue weighted by Gasteiger charge is 2.30. The van der Waals surface area contributed by atoms with Crippen molar-refractivity contribution in [3.63, 3.8) is 0 Å². The third kappa shape index (κ3) is 3.17.